The van der Waals surface area contributed by atoms with Crippen LogP contribution < -0.4 is 11.1 Å². The van der Waals surface area contributed by atoms with Gasteiger partial charge in [-0.3, -0.25) is 9.59 Å². The van der Waals surface area contributed by atoms with Crippen molar-refractivity contribution in [3.63, 3.8) is 0 Å². The van der Waals surface area contributed by atoms with Crippen molar-refractivity contribution < 1.29 is 24.6 Å². The van der Waals surface area contributed by atoms with Crippen LogP contribution in [0.2, 0.25) is 0 Å². The number of allylic oxidation sites excluding steroid dienone is 2. The number of anilines is 1. The minimum absolute atomic E-state index is 0.0290. The Morgan fingerprint density at radius 2 is 2.00 bits per heavy atom. The van der Waals surface area contributed by atoms with Crippen LogP contribution in [0.25, 0.3) is 0 Å². The topological polar surface area (TPSA) is 130 Å². The highest BCUT2D eigenvalue weighted by molar-refractivity contribution is 6.15. The third kappa shape index (κ3) is 4.58. The van der Waals surface area contributed by atoms with Gasteiger partial charge in [0, 0.05) is 12.2 Å². The van der Waals surface area contributed by atoms with Crippen LogP contribution in [0, 0.1) is 5.92 Å². The highest BCUT2D eigenvalue weighted by atomic mass is 16.4. The highest BCUT2D eigenvalue weighted by Crippen LogP contribution is 2.25. The molecule has 1 atom stereocenters. The minimum Gasteiger partial charge on any atom is -0.478 e. The third-order valence-electron chi connectivity index (χ3n) is 4.13. The van der Waals surface area contributed by atoms with E-state index in [0.29, 0.717) is 19.3 Å². The largest absolute Gasteiger partial charge is 0.478 e. The second kappa shape index (κ2) is 8.44. The maximum Gasteiger partial charge on any atom is 0.336 e. The lowest BCUT2D eigenvalue weighted by molar-refractivity contribution is -0.132. The minimum atomic E-state index is -1.17. The Balaban J connectivity index is 2.27. The van der Waals surface area contributed by atoms with E-state index in [-0.39, 0.29) is 34.9 Å². The van der Waals surface area contributed by atoms with Gasteiger partial charge in [-0.15, -0.1) is 0 Å². The van der Waals surface area contributed by atoms with E-state index in [0.717, 1.165) is 5.56 Å². The first-order chi connectivity index (χ1) is 12.3. The van der Waals surface area contributed by atoms with Crippen molar-refractivity contribution in [1.29, 1.82) is 0 Å². The molecule has 1 aliphatic carbocycles. The molecule has 0 aromatic heterocycles. The van der Waals surface area contributed by atoms with E-state index in [4.69, 9.17) is 10.8 Å². The number of carboxylic acid groups (broad SMARTS) is 1. The van der Waals surface area contributed by atoms with Crippen LogP contribution in [0.4, 0.5) is 5.69 Å². The molecule has 0 radical (unpaired) electrons. The average Bonchev–Trinajstić information content (AvgIpc) is 2.60. The molecule has 0 bridgehead atoms. The molecule has 1 aliphatic rings. The molecule has 0 saturated carbocycles. The Morgan fingerprint density at radius 1 is 1.27 bits per heavy atom. The van der Waals surface area contributed by atoms with Gasteiger partial charge in [0.25, 0.3) is 11.8 Å². The number of nitrogens with two attached hydrogens (primary N) is 1. The summed E-state index contributed by atoms with van der Waals surface area (Å²) >= 11 is 0. The molecule has 0 fully saturated rings. The van der Waals surface area contributed by atoms with E-state index in [1.54, 1.807) is 30.4 Å². The van der Waals surface area contributed by atoms with Crippen molar-refractivity contribution in [2.75, 3.05) is 11.9 Å². The van der Waals surface area contributed by atoms with Gasteiger partial charge in [-0.25, -0.2) is 4.79 Å². The number of aliphatic hydroxyl groups excluding tert-OH is 1. The maximum absolute atomic E-state index is 12.6. The Labute approximate surface area is 151 Å². The van der Waals surface area contributed by atoms with E-state index < -0.39 is 17.8 Å². The van der Waals surface area contributed by atoms with Crippen molar-refractivity contribution in [2.24, 2.45) is 11.7 Å². The summed E-state index contributed by atoms with van der Waals surface area (Å²) in [5, 5.41) is 20.8. The number of carbonyl (C=O) groups is 3. The van der Waals surface area contributed by atoms with Gasteiger partial charge < -0.3 is 21.3 Å². The molecule has 0 saturated heterocycles. The van der Waals surface area contributed by atoms with Crippen LogP contribution in [0.1, 0.15) is 35.7 Å². The van der Waals surface area contributed by atoms with Gasteiger partial charge in [-0.05, 0) is 42.9 Å². The predicted molar refractivity (Wildman–Crippen MR) is 96.6 cm³/mol. The fourth-order valence-electron chi connectivity index (χ4n) is 2.79. The molecular formula is C19H22N2O5. The lowest BCUT2D eigenvalue weighted by Crippen LogP contribution is -2.24. The molecule has 2 amide bonds. The Hall–Kier alpha value is -2.93. The molecule has 1 unspecified atom stereocenters. The molecule has 5 N–H and O–H groups in total. The number of primary amides is 1. The van der Waals surface area contributed by atoms with Crippen LogP contribution in [-0.2, 0) is 16.0 Å². The number of carboxylic acids is 1. The summed E-state index contributed by atoms with van der Waals surface area (Å²) in [5.74, 6) is -2.44. The van der Waals surface area contributed by atoms with Crippen molar-refractivity contribution in [2.45, 2.75) is 26.2 Å². The highest BCUT2D eigenvalue weighted by Gasteiger charge is 2.25. The van der Waals surface area contributed by atoms with Gasteiger partial charge in [0.2, 0.25) is 0 Å². The summed E-state index contributed by atoms with van der Waals surface area (Å²) in [5.41, 5.74) is 6.58. The van der Waals surface area contributed by atoms with Gasteiger partial charge >= 0.3 is 5.97 Å². The van der Waals surface area contributed by atoms with Gasteiger partial charge in [0.05, 0.1) is 16.8 Å². The second-order valence-corrected chi connectivity index (χ2v) is 6.24. The zero-order valence-electron chi connectivity index (χ0n) is 14.5. The number of aliphatic hydroxyl groups is 1. The van der Waals surface area contributed by atoms with E-state index in [1.165, 1.54) is 0 Å². The number of aliphatic carboxylic acids is 1. The number of benzene rings is 1. The molecule has 1 aromatic rings. The lowest BCUT2D eigenvalue weighted by Gasteiger charge is -2.17. The number of rotatable bonds is 7. The van der Waals surface area contributed by atoms with Crippen LogP contribution in [0.15, 0.2) is 41.5 Å². The molecule has 2 rings (SSSR count). The van der Waals surface area contributed by atoms with E-state index in [2.05, 4.69) is 5.32 Å². The second-order valence-electron chi connectivity index (χ2n) is 6.24. The summed E-state index contributed by atoms with van der Waals surface area (Å²) < 4.78 is 0. The van der Waals surface area contributed by atoms with Crippen molar-refractivity contribution >= 4 is 23.5 Å². The smallest absolute Gasteiger partial charge is 0.336 e. The van der Waals surface area contributed by atoms with Gasteiger partial charge in [0.15, 0.2) is 0 Å². The van der Waals surface area contributed by atoms with Crippen LogP contribution in [0.5, 0.6) is 0 Å². The van der Waals surface area contributed by atoms with Crippen molar-refractivity contribution in [3.8, 4) is 0 Å². The van der Waals surface area contributed by atoms with E-state index in [9.17, 15) is 19.5 Å². The molecule has 7 nitrogen and oxygen atoms in total. The third-order valence-corrected chi connectivity index (χ3v) is 4.13. The zero-order valence-corrected chi connectivity index (χ0v) is 14.5. The van der Waals surface area contributed by atoms with Crippen molar-refractivity contribution in [1.82, 2.24) is 0 Å². The van der Waals surface area contributed by atoms with E-state index >= 15 is 0 Å². The number of amides is 2. The number of nitrogens with one attached hydrogen (secondary N) is 1. The predicted octanol–water partition coefficient (Wildman–Crippen LogP) is 1.63. The molecule has 0 spiro atoms. The Bertz CT molecular complexity index is 795. The molecule has 0 aliphatic heterocycles. The molecule has 26 heavy (non-hydrogen) atoms. The van der Waals surface area contributed by atoms with Crippen molar-refractivity contribution in [3.05, 3.63) is 52.6 Å². The summed E-state index contributed by atoms with van der Waals surface area (Å²) in [4.78, 5) is 35.7. The van der Waals surface area contributed by atoms with Crippen LogP contribution >= 0.6 is 0 Å². The first-order valence-electron chi connectivity index (χ1n) is 8.34. The maximum atomic E-state index is 12.6. The van der Waals surface area contributed by atoms with E-state index in [1.807, 2.05) is 6.92 Å². The summed E-state index contributed by atoms with van der Waals surface area (Å²) in [6, 6.07) is 4.85. The average molecular weight is 358 g/mol. The summed E-state index contributed by atoms with van der Waals surface area (Å²) in [6.07, 6.45) is 4.80. The standard InChI is InChI=1S/C19H22N2O5/c1-11-4-6-13(14(9-11)19(25)26)18(24)21-16-7-5-12(3-2-8-22)10-15(16)17(20)23/h5-7,9-11,22H,2-4,8H2,1H3,(H2,20,23)(H,21,24)(H,25,26). The lowest BCUT2D eigenvalue weighted by atomic mass is 9.91. The fraction of sp³-hybridized carbons (Fsp3) is 0.316. The zero-order chi connectivity index (χ0) is 19.3. The van der Waals surface area contributed by atoms with Gasteiger partial charge in [-0.2, -0.15) is 0 Å². The molecule has 138 valence electrons. The quantitative estimate of drug-likeness (QED) is 0.588. The Morgan fingerprint density at radius 3 is 2.62 bits per heavy atom. The van der Waals surface area contributed by atoms with Gasteiger partial charge in [0.1, 0.15) is 0 Å². The SMILES string of the molecule is CC1C=C(C(=O)O)C(C(=O)Nc2ccc(CCCO)cc2C(N)=O)=CC1. The van der Waals surface area contributed by atoms with Crippen LogP contribution in [-0.4, -0.2) is 34.6 Å². The first kappa shape index (κ1) is 19.4. The van der Waals surface area contributed by atoms with Gasteiger partial charge in [-0.1, -0.05) is 25.1 Å². The van der Waals surface area contributed by atoms with Crippen LogP contribution in [0.3, 0.4) is 0 Å². The molecule has 7 heteroatoms. The number of carbonyl (C=O) groups excluding carboxylic acids is 2. The number of aryl methyl sites for hydroxylation is 1. The molecule has 0 heterocycles. The molecular weight excluding hydrogens is 336 g/mol. The fourth-order valence-corrected chi connectivity index (χ4v) is 2.79. The first-order valence-corrected chi connectivity index (χ1v) is 8.34. The molecule has 1 aromatic carbocycles. The summed E-state index contributed by atoms with van der Waals surface area (Å²) in [7, 11) is 0. The summed E-state index contributed by atoms with van der Waals surface area (Å²) in [6.45, 7) is 1.89. The number of hydrogen-bond acceptors (Lipinski definition) is 4. The monoisotopic (exact) mass is 358 g/mol. The Kier molecular flexibility index (Phi) is 6.30. The normalized spacial score (nSPS) is 16.5. The number of hydrogen-bond donors (Lipinski definition) is 4.